The maximum Gasteiger partial charge on any atom is 0.250 e. The lowest BCUT2D eigenvalue weighted by atomic mass is 10.7. The van der Waals surface area contributed by atoms with Crippen molar-refractivity contribution < 1.29 is 0 Å². The average molecular weight is 351 g/mol. The largest absolute Gasteiger partial charge is 0.250 e. The van der Waals surface area contributed by atoms with Crippen LogP contribution in [0.3, 0.4) is 0 Å². The predicted octanol–water partition coefficient (Wildman–Crippen LogP) is 2.03. The number of nitrogens with zero attached hydrogens (tertiary/aromatic N) is 4. The minimum Gasteiger partial charge on any atom is -0.219 e. The van der Waals surface area contributed by atoms with Crippen LogP contribution in [0.5, 0.6) is 0 Å². The van der Waals surface area contributed by atoms with Gasteiger partial charge in [-0.25, -0.2) is 14.6 Å². The molecule has 0 saturated carbocycles. The van der Waals surface area contributed by atoms with Crippen LogP contribution in [-0.2, 0) is 0 Å². The highest BCUT2D eigenvalue weighted by atomic mass is 127. The molecule has 0 amide bonds. The molecule has 0 radical (unpaired) electrons. The van der Waals surface area contributed by atoms with E-state index in [1.54, 1.807) is 23.3 Å². The number of halogens is 2. The van der Waals surface area contributed by atoms with E-state index in [-0.39, 0.29) is 0 Å². The number of aromatic nitrogens is 4. The van der Waals surface area contributed by atoms with Gasteiger partial charge in [0.1, 0.15) is 0 Å². The van der Waals surface area contributed by atoms with Crippen LogP contribution in [0, 0.1) is 3.57 Å². The number of hydrogen-bond donors (Lipinski definition) is 0. The molecule has 0 saturated heterocycles. The quantitative estimate of drug-likeness (QED) is 0.739. The van der Waals surface area contributed by atoms with Crippen LogP contribution in [0.2, 0.25) is 0 Å². The predicted molar refractivity (Wildman–Crippen MR) is 59.6 cm³/mol. The van der Waals surface area contributed by atoms with Gasteiger partial charge < -0.3 is 0 Å². The molecule has 66 valence electrons. The second-order valence-electron chi connectivity index (χ2n) is 2.30. The lowest BCUT2D eigenvalue weighted by molar-refractivity contribution is 0.806. The van der Waals surface area contributed by atoms with Crippen molar-refractivity contribution in [3.63, 3.8) is 0 Å². The summed E-state index contributed by atoms with van der Waals surface area (Å²) in [6.07, 6.45) is 7.00. The average Bonchev–Trinajstić information content (AvgIpc) is 2.53. The third-order valence-electron chi connectivity index (χ3n) is 1.36. The summed E-state index contributed by atoms with van der Waals surface area (Å²) in [5.74, 6) is 0.575. The van der Waals surface area contributed by atoms with Gasteiger partial charge in [-0.2, -0.15) is 5.10 Å². The van der Waals surface area contributed by atoms with Gasteiger partial charge in [-0.15, -0.1) is 0 Å². The summed E-state index contributed by atoms with van der Waals surface area (Å²) < 4.78 is 3.53. The van der Waals surface area contributed by atoms with Crippen LogP contribution in [0.4, 0.5) is 0 Å². The Morgan fingerprint density at radius 3 is 2.46 bits per heavy atom. The normalized spacial score (nSPS) is 10.3. The van der Waals surface area contributed by atoms with E-state index < -0.39 is 0 Å². The molecule has 4 nitrogen and oxygen atoms in total. The van der Waals surface area contributed by atoms with Gasteiger partial charge in [0, 0.05) is 22.2 Å². The first kappa shape index (κ1) is 9.07. The Morgan fingerprint density at radius 2 is 1.92 bits per heavy atom. The standard InChI is InChI=1S/C7H4BrIN4/c8-5-1-12-13(4-5)7-10-2-6(9)3-11-7/h1-4H. The van der Waals surface area contributed by atoms with E-state index in [4.69, 9.17) is 0 Å². The summed E-state index contributed by atoms with van der Waals surface area (Å²) in [5.41, 5.74) is 0. The van der Waals surface area contributed by atoms with Gasteiger partial charge >= 0.3 is 0 Å². The first-order valence-electron chi connectivity index (χ1n) is 3.44. The fraction of sp³-hybridized carbons (Fsp3) is 0. The molecular weight excluding hydrogens is 347 g/mol. The van der Waals surface area contributed by atoms with Crippen LogP contribution >= 0.6 is 38.5 Å². The number of rotatable bonds is 1. The van der Waals surface area contributed by atoms with Gasteiger partial charge in [0.05, 0.1) is 10.7 Å². The molecule has 0 aromatic carbocycles. The van der Waals surface area contributed by atoms with Crippen LogP contribution in [0.1, 0.15) is 0 Å². The molecule has 0 atom stereocenters. The molecule has 0 fully saturated rings. The summed E-state index contributed by atoms with van der Waals surface area (Å²) in [7, 11) is 0. The second-order valence-corrected chi connectivity index (χ2v) is 4.47. The lowest BCUT2D eigenvalue weighted by Crippen LogP contribution is -2.00. The van der Waals surface area contributed by atoms with Crippen molar-refractivity contribution in [1.82, 2.24) is 19.7 Å². The zero-order valence-electron chi connectivity index (χ0n) is 6.35. The first-order valence-corrected chi connectivity index (χ1v) is 5.31. The molecule has 0 aliphatic carbocycles. The molecule has 0 bridgehead atoms. The van der Waals surface area contributed by atoms with Gasteiger partial charge in [0.15, 0.2) is 0 Å². The molecular formula is C7H4BrIN4. The van der Waals surface area contributed by atoms with Crippen molar-refractivity contribution in [2.45, 2.75) is 0 Å². The fourth-order valence-electron chi connectivity index (χ4n) is 0.834. The summed E-state index contributed by atoms with van der Waals surface area (Å²) >= 11 is 5.46. The second kappa shape index (κ2) is 3.70. The van der Waals surface area contributed by atoms with Crippen LogP contribution in [0.25, 0.3) is 5.95 Å². The maximum atomic E-state index is 4.12. The van der Waals surface area contributed by atoms with Crippen molar-refractivity contribution in [2.24, 2.45) is 0 Å². The minimum atomic E-state index is 0.575. The Labute approximate surface area is 96.7 Å². The van der Waals surface area contributed by atoms with Gasteiger partial charge in [-0.1, -0.05) is 0 Å². The van der Waals surface area contributed by atoms with Crippen molar-refractivity contribution in [3.05, 3.63) is 32.8 Å². The lowest BCUT2D eigenvalue weighted by Gasteiger charge is -1.96. The first-order chi connectivity index (χ1) is 6.25. The molecule has 2 heterocycles. The third kappa shape index (κ3) is 2.05. The third-order valence-corrected chi connectivity index (χ3v) is 2.33. The van der Waals surface area contributed by atoms with Crippen LogP contribution in [-0.4, -0.2) is 19.7 Å². The molecule has 2 aromatic rings. The molecule has 13 heavy (non-hydrogen) atoms. The zero-order valence-corrected chi connectivity index (χ0v) is 10.1. The summed E-state index contributed by atoms with van der Waals surface area (Å²) in [6.45, 7) is 0. The summed E-state index contributed by atoms with van der Waals surface area (Å²) in [5, 5.41) is 4.06. The summed E-state index contributed by atoms with van der Waals surface area (Å²) in [4.78, 5) is 8.25. The minimum absolute atomic E-state index is 0.575. The molecule has 6 heteroatoms. The van der Waals surface area contributed by atoms with E-state index in [0.29, 0.717) is 5.95 Å². The Morgan fingerprint density at radius 1 is 1.23 bits per heavy atom. The molecule has 2 rings (SSSR count). The SMILES string of the molecule is Brc1cnn(-c2ncc(I)cn2)c1. The van der Waals surface area contributed by atoms with Gasteiger partial charge in [0.2, 0.25) is 0 Å². The van der Waals surface area contributed by atoms with Gasteiger partial charge in [0.25, 0.3) is 5.95 Å². The van der Waals surface area contributed by atoms with Crippen molar-refractivity contribution in [1.29, 1.82) is 0 Å². The zero-order chi connectivity index (χ0) is 9.26. The topological polar surface area (TPSA) is 43.6 Å². The number of hydrogen-bond acceptors (Lipinski definition) is 3. The Kier molecular flexibility index (Phi) is 2.58. The molecule has 0 unspecified atom stereocenters. The van der Waals surface area contributed by atoms with E-state index in [2.05, 4.69) is 53.6 Å². The fourth-order valence-corrected chi connectivity index (χ4v) is 1.40. The smallest absolute Gasteiger partial charge is 0.219 e. The van der Waals surface area contributed by atoms with Gasteiger partial charge in [-0.05, 0) is 38.5 Å². The highest BCUT2D eigenvalue weighted by Gasteiger charge is 2.00. The van der Waals surface area contributed by atoms with E-state index in [1.807, 2.05) is 6.20 Å². The van der Waals surface area contributed by atoms with Crippen LogP contribution < -0.4 is 0 Å². The Hall–Kier alpha value is -0.500. The maximum absolute atomic E-state index is 4.12. The van der Waals surface area contributed by atoms with Crippen molar-refractivity contribution in [2.75, 3.05) is 0 Å². The van der Waals surface area contributed by atoms with Crippen LogP contribution in [0.15, 0.2) is 29.3 Å². The van der Waals surface area contributed by atoms with Gasteiger partial charge in [-0.3, -0.25) is 0 Å². The molecule has 0 aliphatic heterocycles. The van der Waals surface area contributed by atoms with E-state index in [1.165, 1.54) is 0 Å². The Balaban J connectivity index is 2.41. The van der Waals surface area contributed by atoms with E-state index in [9.17, 15) is 0 Å². The summed E-state index contributed by atoms with van der Waals surface area (Å²) in [6, 6.07) is 0. The highest BCUT2D eigenvalue weighted by Crippen LogP contribution is 2.09. The molecule has 2 aromatic heterocycles. The molecule has 0 N–H and O–H groups in total. The molecule has 0 aliphatic rings. The van der Waals surface area contributed by atoms with Crippen molar-refractivity contribution >= 4 is 38.5 Å². The Bertz CT molecular complexity index is 411. The van der Waals surface area contributed by atoms with E-state index in [0.717, 1.165) is 8.04 Å². The van der Waals surface area contributed by atoms with Crippen molar-refractivity contribution in [3.8, 4) is 5.95 Å². The highest BCUT2D eigenvalue weighted by molar-refractivity contribution is 14.1. The van der Waals surface area contributed by atoms with E-state index >= 15 is 0 Å². The monoisotopic (exact) mass is 350 g/mol. The molecule has 0 spiro atoms.